The van der Waals surface area contributed by atoms with Gasteiger partial charge in [-0.1, -0.05) is 35.9 Å². The minimum Gasteiger partial charge on any atom is -0.348 e. The van der Waals surface area contributed by atoms with Gasteiger partial charge in [0.25, 0.3) is 17.1 Å². The lowest BCUT2D eigenvalue weighted by atomic mass is 10.1. The molecule has 0 atom stereocenters. The third kappa shape index (κ3) is 4.49. The van der Waals surface area contributed by atoms with Crippen LogP contribution >= 0.6 is 23.4 Å². The maximum atomic E-state index is 12.2. The number of benzene rings is 2. The predicted octanol–water partition coefficient (Wildman–Crippen LogP) is 3.59. The van der Waals surface area contributed by atoms with Gasteiger partial charge < -0.3 is 5.32 Å². The van der Waals surface area contributed by atoms with E-state index in [4.69, 9.17) is 11.6 Å². The summed E-state index contributed by atoms with van der Waals surface area (Å²) in [6.45, 7) is 0.379. The van der Waals surface area contributed by atoms with Crippen molar-refractivity contribution in [1.29, 1.82) is 0 Å². The van der Waals surface area contributed by atoms with Gasteiger partial charge in [-0.2, -0.15) is 0 Å². The number of thioether (sulfide) groups is 1. The van der Waals surface area contributed by atoms with Crippen LogP contribution < -0.4 is 10.6 Å². The summed E-state index contributed by atoms with van der Waals surface area (Å²) in [5, 5.41) is 5.26. The number of amides is 3. The van der Waals surface area contributed by atoms with Crippen molar-refractivity contribution in [3.63, 3.8) is 0 Å². The quantitative estimate of drug-likeness (QED) is 0.804. The maximum absolute atomic E-state index is 12.2. The van der Waals surface area contributed by atoms with Gasteiger partial charge in [-0.05, 0) is 53.2 Å². The first-order valence-corrected chi connectivity index (χ1v) is 8.58. The normalized spacial score (nSPS) is 15.3. The Morgan fingerprint density at radius 2 is 1.92 bits per heavy atom. The zero-order chi connectivity index (χ0) is 17.8. The molecule has 1 saturated heterocycles. The molecule has 1 aliphatic heterocycles. The van der Waals surface area contributed by atoms with Gasteiger partial charge in [-0.25, -0.2) is 0 Å². The van der Waals surface area contributed by atoms with Crippen LogP contribution in [0.1, 0.15) is 21.5 Å². The lowest BCUT2D eigenvalue weighted by Gasteiger charge is -2.06. The molecule has 126 valence electrons. The Kier molecular flexibility index (Phi) is 5.21. The molecule has 2 N–H and O–H groups in total. The van der Waals surface area contributed by atoms with Gasteiger partial charge in [0.15, 0.2) is 0 Å². The Morgan fingerprint density at radius 3 is 2.56 bits per heavy atom. The molecule has 0 radical (unpaired) electrons. The molecule has 3 rings (SSSR count). The summed E-state index contributed by atoms with van der Waals surface area (Å²) in [5.74, 6) is -0.610. The third-order valence-corrected chi connectivity index (χ3v) is 4.50. The molecular weight excluding hydrogens is 360 g/mol. The lowest BCUT2D eigenvalue weighted by Crippen LogP contribution is -2.22. The smallest absolute Gasteiger partial charge is 0.290 e. The molecular formula is C18H13ClN2O3S. The summed E-state index contributed by atoms with van der Waals surface area (Å²) in [7, 11) is 0. The molecule has 0 unspecified atom stereocenters. The van der Waals surface area contributed by atoms with Crippen LogP contribution in [0.4, 0.5) is 4.79 Å². The highest BCUT2D eigenvalue weighted by molar-refractivity contribution is 8.18. The highest BCUT2D eigenvalue weighted by Gasteiger charge is 2.24. The average molecular weight is 373 g/mol. The van der Waals surface area contributed by atoms with Crippen molar-refractivity contribution in [2.45, 2.75) is 6.54 Å². The highest BCUT2D eigenvalue weighted by Crippen LogP contribution is 2.25. The van der Waals surface area contributed by atoms with E-state index in [2.05, 4.69) is 10.6 Å². The van der Waals surface area contributed by atoms with Crippen LogP contribution in [-0.2, 0) is 11.3 Å². The fourth-order valence-corrected chi connectivity index (χ4v) is 3.13. The minimum atomic E-state index is -0.404. The second kappa shape index (κ2) is 7.55. The maximum Gasteiger partial charge on any atom is 0.290 e. The molecule has 0 saturated carbocycles. The van der Waals surface area contributed by atoms with Crippen molar-refractivity contribution >= 4 is 46.5 Å². The van der Waals surface area contributed by atoms with Crippen LogP contribution in [0.25, 0.3) is 6.08 Å². The molecule has 1 aliphatic rings. The third-order valence-electron chi connectivity index (χ3n) is 3.45. The van der Waals surface area contributed by atoms with Crippen molar-refractivity contribution < 1.29 is 14.4 Å². The molecule has 2 aromatic carbocycles. The number of carbonyl (C=O) groups excluding carboxylic acids is 3. The van der Waals surface area contributed by atoms with Gasteiger partial charge >= 0.3 is 0 Å². The lowest BCUT2D eigenvalue weighted by molar-refractivity contribution is -0.115. The number of rotatable bonds is 4. The molecule has 0 spiro atoms. The molecule has 2 aromatic rings. The minimum absolute atomic E-state index is 0.206. The van der Waals surface area contributed by atoms with Gasteiger partial charge in [-0.3, -0.25) is 19.7 Å². The number of hydrogen-bond acceptors (Lipinski definition) is 4. The largest absolute Gasteiger partial charge is 0.348 e. The van der Waals surface area contributed by atoms with E-state index in [0.717, 1.165) is 22.9 Å². The highest BCUT2D eigenvalue weighted by atomic mass is 35.5. The van der Waals surface area contributed by atoms with Crippen molar-refractivity contribution in [2.24, 2.45) is 0 Å². The van der Waals surface area contributed by atoms with Crippen molar-refractivity contribution in [1.82, 2.24) is 10.6 Å². The van der Waals surface area contributed by atoms with E-state index in [1.807, 2.05) is 12.1 Å². The zero-order valence-electron chi connectivity index (χ0n) is 12.9. The van der Waals surface area contributed by atoms with Gasteiger partial charge in [0.2, 0.25) is 0 Å². The van der Waals surface area contributed by atoms with E-state index < -0.39 is 5.91 Å². The Morgan fingerprint density at radius 1 is 1.16 bits per heavy atom. The van der Waals surface area contributed by atoms with Crippen molar-refractivity contribution in [3.8, 4) is 0 Å². The van der Waals surface area contributed by atoms with Crippen LogP contribution in [0, 0.1) is 0 Å². The topological polar surface area (TPSA) is 75.3 Å². The molecule has 1 fully saturated rings. The summed E-state index contributed by atoms with van der Waals surface area (Å²) >= 11 is 6.77. The average Bonchev–Trinajstić information content (AvgIpc) is 2.91. The fraction of sp³-hybridized carbons (Fsp3) is 0.0556. The SMILES string of the molecule is O=C1NC(=O)/C(=C\c2ccc(C(=O)NCc3cccc(Cl)c3)cc2)S1. The number of hydrogen-bond donors (Lipinski definition) is 2. The van der Waals surface area contributed by atoms with Gasteiger partial charge in [0, 0.05) is 17.1 Å². The Labute approximate surface area is 153 Å². The van der Waals surface area contributed by atoms with E-state index in [-0.39, 0.29) is 11.1 Å². The molecule has 1 heterocycles. The van der Waals surface area contributed by atoms with Gasteiger partial charge in [0.05, 0.1) is 4.91 Å². The summed E-state index contributed by atoms with van der Waals surface area (Å²) in [4.78, 5) is 35.2. The number of nitrogens with one attached hydrogen (secondary N) is 2. The van der Waals surface area contributed by atoms with Crippen LogP contribution in [-0.4, -0.2) is 17.1 Å². The van der Waals surface area contributed by atoms with E-state index in [0.29, 0.717) is 22.0 Å². The van der Waals surface area contributed by atoms with E-state index in [1.165, 1.54) is 0 Å². The van der Waals surface area contributed by atoms with Crippen LogP contribution in [0.3, 0.4) is 0 Å². The summed E-state index contributed by atoms with van der Waals surface area (Å²) < 4.78 is 0. The van der Waals surface area contributed by atoms with Gasteiger partial charge in [0.1, 0.15) is 0 Å². The molecule has 0 bridgehead atoms. The Bertz CT molecular complexity index is 878. The summed E-state index contributed by atoms with van der Waals surface area (Å²) in [6, 6.07) is 14.0. The summed E-state index contributed by atoms with van der Waals surface area (Å²) in [5.41, 5.74) is 2.15. The molecule has 7 heteroatoms. The number of carbonyl (C=O) groups is 3. The number of halogens is 1. The molecule has 5 nitrogen and oxygen atoms in total. The Balaban J connectivity index is 1.63. The van der Waals surface area contributed by atoms with Crippen molar-refractivity contribution in [3.05, 3.63) is 75.1 Å². The van der Waals surface area contributed by atoms with Crippen LogP contribution in [0.15, 0.2) is 53.4 Å². The molecule has 0 aromatic heterocycles. The fourth-order valence-electron chi connectivity index (χ4n) is 2.23. The van der Waals surface area contributed by atoms with E-state index in [1.54, 1.807) is 42.5 Å². The van der Waals surface area contributed by atoms with Gasteiger partial charge in [-0.15, -0.1) is 0 Å². The molecule has 0 aliphatic carbocycles. The number of imide groups is 1. The first kappa shape index (κ1) is 17.3. The predicted molar refractivity (Wildman–Crippen MR) is 98.2 cm³/mol. The van der Waals surface area contributed by atoms with Crippen molar-refractivity contribution in [2.75, 3.05) is 0 Å². The standard InChI is InChI=1S/C18H13ClN2O3S/c19-14-3-1-2-12(8-14)10-20-16(22)13-6-4-11(5-7-13)9-15-17(23)21-18(24)25-15/h1-9H,10H2,(H,20,22)(H,21,23,24)/b15-9+. The summed E-state index contributed by atoms with van der Waals surface area (Å²) in [6.07, 6.45) is 1.61. The van der Waals surface area contributed by atoms with E-state index in [9.17, 15) is 14.4 Å². The van der Waals surface area contributed by atoms with E-state index >= 15 is 0 Å². The first-order chi connectivity index (χ1) is 12.0. The second-order valence-corrected chi connectivity index (χ2v) is 6.74. The van der Waals surface area contributed by atoms with Crippen LogP contribution in [0.2, 0.25) is 5.02 Å². The molecule has 25 heavy (non-hydrogen) atoms. The monoisotopic (exact) mass is 372 g/mol. The molecule has 3 amide bonds. The second-order valence-electron chi connectivity index (χ2n) is 5.29. The van der Waals surface area contributed by atoms with Crippen LogP contribution in [0.5, 0.6) is 0 Å². The zero-order valence-corrected chi connectivity index (χ0v) is 14.5. The first-order valence-electron chi connectivity index (χ1n) is 7.39. The Hall–Kier alpha value is -2.57.